The Bertz CT molecular complexity index is 338. The summed E-state index contributed by atoms with van der Waals surface area (Å²) in [5.41, 5.74) is 0.900. The third kappa shape index (κ3) is 3.31. The molecule has 4 heteroatoms. The highest BCUT2D eigenvalue weighted by atomic mass is 16.4. The quantitative estimate of drug-likeness (QED) is 0.827. The van der Waals surface area contributed by atoms with Crippen LogP contribution in [0, 0.1) is 0 Å². The van der Waals surface area contributed by atoms with E-state index in [-0.39, 0.29) is 18.6 Å². The normalized spacial score (nSPS) is 13.1. The van der Waals surface area contributed by atoms with Crippen LogP contribution in [0.4, 0.5) is 0 Å². The smallest absolute Gasteiger partial charge is 0.317 e. The summed E-state index contributed by atoms with van der Waals surface area (Å²) in [6, 6.07) is 5.87. The summed E-state index contributed by atoms with van der Waals surface area (Å²) in [6.45, 7) is 5.99. The van der Waals surface area contributed by atoms with Gasteiger partial charge in [0.1, 0.15) is 0 Å². The van der Waals surface area contributed by atoms with E-state index in [1.54, 1.807) is 6.20 Å². The number of rotatable bonds is 5. The number of carboxylic acids is 1. The van der Waals surface area contributed by atoms with Gasteiger partial charge in [-0.3, -0.25) is 14.7 Å². The molecule has 0 fully saturated rings. The van der Waals surface area contributed by atoms with Crippen LogP contribution in [0.1, 0.15) is 32.5 Å². The first-order valence-electron chi connectivity index (χ1n) is 5.41. The number of aliphatic carboxylic acids is 1. The maximum atomic E-state index is 10.8. The zero-order valence-corrected chi connectivity index (χ0v) is 9.92. The zero-order valence-electron chi connectivity index (χ0n) is 9.92. The summed E-state index contributed by atoms with van der Waals surface area (Å²) in [5.74, 6) is -0.809. The van der Waals surface area contributed by atoms with Gasteiger partial charge in [0.05, 0.1) is 18.3 Å². The highest BCUT2D eigenvalue weighted by molar-refractivity contribution is 5.69. The fourth-order valence-corrected chi connectivity index (χ4v) is 1.72. The van der Waals surface area contributed by atoms with Crippen LogP contribution in [0.2, 0.25) is 0 Å². The Morgan fingerprint density at radius 2 is 2.12 bits per heavy atom. The van der Waals surface area contributed by atoms with Crippen LogP contribution in [0.25, 0.3) is 0 Å². The van der Waals surface area contributed by atoms with Crippen LogP contribution in [-0.2, 0) is 4.79 Å². The van der Waals surface area contributed by atoms with Crippen molar-refractivity contribution in [3.8, 4) is 0 Å². The van der Waals surface area contributed by atoms with E-state index >= 15 is 0 Å². The van der Waals surface area contributed by atoms with Crippen molar-refractivity contribution in [3.63, 3.8) is 0 Å². The molecular weight excluding hydrogens is 204 g/mol. The van der Waals surface area contributed by atoms with Crippen molar-refractivity contribution in [2.45, 2.75) is 32.9 Å². The largest absolute Gasteiger partial charge is 0.480 e. The highest BCUT2D eigenvalue weighted by Gasteiger charge is 2.21. The Hall–Kier alpha value is -1.42. The van der Waals surface area contributed by atoms with Crippen LogP contribution in [0.3, 0.4) is 0 Å². The van der Waals surface area contributed by atoms with E-state index in [9.17, 15) is 4.79 Å². The van der Waals surface area contributed by atoms with E-state index in [0.29, 0.717) is 0 Å². The van der Waals surface area contributed by atoms with Gasteiger partial charge in [-0.05, 0) is 32.9 Å². The monoisotopic (exact) mass is 222 g/mol. The third-order valence-electron chi connectivity index (χ3n) is 2.59. The predicted molar refractivity (Wildman–Crippen MR) is 62.1 cm³/mol. The van der Waals surface area contributed by atoms with Gasteiger partial charge in [-0.1, -0.05) is 6.07 Å². The molecular formula is C12H18N2O2. The van der Waals surface area contributed by atoms with Gasteiger partial charge in [0.25, 0.3) is 0 Å². The lowest BCUT2D eigenvalue weighted by molar-refractivity contribution is -0.139. The third-order valence-corrected chi connectivity index (χ3v) is 2.59. The lowest BCUT2D eigenvalue weighted by atomic mass is 10.1. The van der Waals surface area contributed by atoms with Gasteiger partial charge in [0.2, 0.25) is 0 Å². The number of hydrogen-bond donors (Lipinski definition) is 1. The Balaban J connectivity index is 2.83. The molecule has 0 aliphatic heterocycles. The van der Waals surface area contributed by atoms with Crippen molar-refractivity contribution in [2.24, 2.45) is 0 Å². The second-order valence-electron chi connectivity index (χ2n) is 4.09. The Kier molecular flexibility index (Phi) is 4.43. The average Bonchev–Trinajstić information content (AvgIpc) is 2.25. The molecule has 0 saturated carbocycles. The van der Waals surface area contributed by atoms with Crippen molar-refractivity contribution >= 4 is 5.97 Å². The van der Waals surface area contributed by atoms with Crippen LogP contribution in [0.5, 0.6) is 0 Å². The second-order valence-corrected chi connectivity index (χ2v) is 4.09. The predicted octanol–water partition coefficient (Wildman–Crippen LogP) is 1.94. The molecule has 1 aromatic rings. The zero-order chi connectivity index (χ0) is 12.1. The standard InChI is InChI=1S/C12H18N2O2/c1-9(2)14(8-12(15)16)10(3)11-6-4-5-7-13-11/h4-7,9-10H,8H2,1-3H3,(H,15,16)/t10-/m1/s1. The second kappa shape index (κ2) is 5.61. The fourth-order valence-electron chi connectivity index (χ4n) is 1.72. The maximum absolute atomic E-state index is 10.8. The average molecular weight is 222 g/mol. The number of pyridine rings is 1. The maximum Gasteiger partial charge on any atom is 0.317 e. The van der Waals surface area contributed by atoms with Gasteiger partial charge in [-0.2, -0.15) is 0 Å². The minimum atomic E-state index is -0.809. The molecule has 1 atom stereocenters. The molecule has 0 aliphatic carbocycles. The van der Waals surface area contributed by atoms with Gasteiger partial charge in [0.15, 0.2) is 0 Å². The number of carboxylic acid groups (broad SMARTS) is 1. The van der Waals surface area contributed by atoms with E-state index in [0.717, 1.165) is 5.69 Å². The molecule has 0 aliphatic rings. The van der Waals surface area contributed by atoms with Gasteiger partial charge in [-0.15, -0.1) is 0 Å². The Morgan fingerprint density at radius 3 is 2.56 bits per heavy atom. The topological polar surface area (TPSA) is 53.4 Å². The van der Waals surface area contributed by atoms with E-state index in [1.807, 2.05) is 43.9 Å². The number of carbonyl (C=O) groups is 1. The summed E-state index contributed by atoms with van der Waals surface area (Å²) in [7, 11) is 0. The minimum absolute atomic E-state index is 0.0114. The molecule has 88 valence electrons. The summed E-state index contributed by atoms with van der Waals surface area (Å²) in [6.07, 6.45) is 1.73. The molecule has 0 amide bonds. The first-order valence-corrected chi connectivity index (χ1v) is 5.41. The van der Waals surface area contributed by atoms with Crippen molar-refractivity contribution in [1.82, 2.24) is 9.88 Å². The molecule has 0 bridgehead atoms. The van der Waals surface area contributed by atoms with Crippen molar-refractivity contribution < 1.29 is 9.90 Å². The minimum Gasteiger partial charge on any atom is -0.480 e. The van der Waals surface area contributed by atoms with E-state index in [1.165, 1.54) is 0 Å². The molecule has 0 spiro atoms. The lowest BCUT2D eigenvalue weighted by Gasteiger charge is -2.30. The molecule has 0 saturated heterocycles. The van der Waals surface area contributed by atoms with E-state index in [4.69, 9.17) is 5.11 Å². The molecule has 0 radical (unpaired) electrons. The fraction of sp³-hybridized carbons (Fsp3) is 0.500. The lowest BCUT2D eigenvalue weighted by Crippen LogP contribution is -2.38. The number of aromatic nitrogens is 1. The molecule has 0 aromatic carbocycles. The molecule has 16 heavy (non-hydrogen) atoms. The molecule has 1 aromatic heterocycles. The summed E-state index contributed by atoms with van der Waals surface area (Å²) in [5, 5.41) is 8.87. The van der Waals surface area contributed by atoms with Crippen LogP contribution in [0.15, 0.2) is 24.4 Å². The van der Waals surface area contributed by atoms with Crippen molar-refractivity contribution in [1.29, 1.82) is 0 Å². The molecule has 1 N–H and O–H groups in total. The summed E-state index contributed by atoms with van der Waals surface area (Å²) >= 11 is 0. The van der Waals surface area contributed by atoms with Gasteiger partial charge >= 0.3 is 5.97 Å². The van der Waals surface area contributed by atoms with Crippen LogP contribution in [-0.4, -0.2) is 33.5 Å². The van der Waals surface area contributed by atoms with Crippen molar-refractivity contribution in [2.75, 3.05) is 6.54 Å². The first kappa shape index (κ1) is 12.6. The van der Waals surface area contributed by atoms with Crippen LogP contribution < -0.4 is 0 Å². The summed E-state index contributed by atoms with van der Waals surface area (Å²) < 4.78 is 0. The molecule has 1 heterocycles. The van der Waals surface area contributed by atoms with Gasteiger partial charge < -0.3 is 5.11 Å². The summed E-state index contributed by atoms with van der Waals surface area (Å²) in [4.78, 5) is 16.9. The molecule has 4 nitrogen and oxygen atoms in total. The number of hydrogen-bond acceptors (Lipinski definition) is 3. The van der Waals surface area contributed by atoms with E-state index in [2.05, 4.69) is 4.98 Å². The van der Waals surface area contributed by atoms with Gasteiger partial charge in [0, 0.05) is 12.2 Å². The first-order chi connectivity index (χ1) is 7.52. The van der Waals surface area contributed by atoms with Crippen LogP contribution >= 0.6 is 0 Å². The Morgan fingerprint density at radius 1 is 1.44 bits per heavy atom. The van der Waals surface area contributed by atoms with Gasteiger partial charge in [-0.25, -0.2) is 0 Å². The SMILES string of the molecule is CC(C)N(CC(=O)O)[C@H](C)c1ccccn1. The molecule has 1 rings (SSSR count). The highest BCUT2D eigenvalue weighted by Crippen LogP contribution is 2.19. The van der Waals surface area contributed by atoms with E-state index < -0.39 is 5.97 Å². The molecule has 0 unspecified atom stereocenters. The number of nitrogens with zero attached hydrogens (tertiary/aromatic N) is 2. The van der Waals surface area contributed by atoms with Crippen molar-refractivity contribution in [3.05, 3.63) is 30.1 Å². The Labute approximate surface area is 95.9 Å².